The van der Waals surface area contributed by atoms with Crippen LogP contribution in [0.2, 0.25) is 0 Å². The Morgan fingerprint density at radius 3 is 1.77 bits per heavy atom. The van der Waals surface area contributed by atoms with E-state index in [0.717, 1.165) is 0 Å². The van der Waals surface area contributed by atoms with Gasteiger partial charge in [-0.15, -0.1) is 0 Å². The van der Waals surface area contributed by atoms with Gasteiger partial charge < -0.3 is 18.9 Å². The van der Waals surface area contributed by atoms with Crippen LogP contribution in [0.4, 0.5) is 0 Å². The summed E-state index contributed by atoms with van der Waals surface area (Å²) in [5, 5.41) is 0. The molecule has 2 aromatic carbocycles. The lowest BCUT2D eigenvalue weighted by atomic mass is 9.87. The van der Waals surface area contributed by atoms with Crippen molar-refractivity contribution in [3.8, 4) is 11.5 Å². The van der Waals surface area contributed by atoms with Crippen LogP contribution in [0.3, 0.4) is 0 Å². The molecule has 0 saturated carbocycles. The number of para-hydroxylation sites is 2. The molecule has 0 bridgehead atoms. The molecule has 0 amide bonds. The SMILES string of the molecule is CC(OC(=O)CCCC(C)(C)C(=O)OC(C)Oc1ccccc1)Oc1ccccc1. The number of carbonyl (C=O) groups excluding carboxylic acids is 2. The molecule has 0 aromatic heterocycles. The fraction of sp³-hybridized carbons (Fsp3) is 0.417. The van der Waals surface area contributed by atoms with Crippen LogP contribution in [0.25, 0.3) is 0 Å². The fourth-order valence-electron chi connectivity index (χ4n) is 2.76. The molecule has 6 heteroatoms. The first-order valence-electron chi connectivity index (χ1n) is 10.1. The second-order valence-corrected chi connectivity index (χ2v) is 7.63. The van der Waals surface area contributed by atoms with Crippen molar-refractivity contribution >= 4 is 11.9 Å². The third-order valence-corrected chi connectivity index (χ3v) is 4.40. The molecule has 0 spiro atoms. The zero-order valence-electron chi connectivity index (χ0n) is 18.0. The first-order valence-corrected chi connectivity index (χ1v) is 10.1. The Hall–Kier alpha value is -3.02. The first-order chi connectivity index (χ1) is 14.3. The summed E-state index contributed by atoms with van der Waals surface area (Å²) in [6.45, 7) is 6.92. The minimum atomic E-state index is -0.749. The number of benzene rings is 2. The van der Waals surface area contributed by atoms with E-state index in [-0.39, 0.29) is 18.4 Å². The molecule has 30 heavy (non-hydrogen) atoms. The van der Waals surface area contributed by atoms with Crippen LogP contribution in [0.5, 0.6) is 11.5 Å². The minimum Gasteiger partial charge on any atom is -0.455 e. The molecule has 0 aliphatic heterocycles. The fourth-order valence-corrected chi connectivity index (χ4v) is 2.76. The van der Waals surface area contributed by atoms with E-state index in [4.69, 9.17) is 18.9 Å². The Morgan fingerprint density at radius 1 is 0.800 bits per heavy atom. The molecule has 0 aliphatic rings. The molecule has 2 rings (SSSR count). The lowest BCUT2D eigenvalue weighted by Crippen LogP contribution is -2.32. The molecule has 6 nitrogen and oxygen atoms in total. The molecule has 0 N–H and O–H groups in total. The van der Waals surface area contributed by atoms with E-state index in [1.165, 1.54) is 0 Å². The highest BCUT2D eigenvalue weighted by Crippen LogP contribution is 2.26. The maximum Gasteiger partial charge on any atom is 0.314 e. The van der Waals surface area contributed by atoms with Crippen LogP contribution in [-0.4, -0.2) is 24.5 Å². The van der Waals surface area contributed by atoms with Crippen molar-refractivity contribution in [3.05, 3.63) is 60.7 Å². The Kier molecular flexibility index (Phi) is 8.71. The molecular weight excluding hydrogens is 384 g/mol. The van der Waals surface area contributed by atoms with Gasteiger partial charge >= 0.3 is 11.9 Å². The van der Waals surface area contributed by atoms with Crippen molar-refractivity contribution < 1.29 is 28.5 Å². The molecule has 0 aliphatic carbocycles. The van der Waals surface area contributed by atoms with Crippen LogP contribution in [0.15, 0.2) is 60.7 Å². The highest BCUT2D eigenvalue weighted by molar-refractivity contribution is 5.76. The summed E-state index contributed by atoms with van der Waals surface area (Å²) in [5.41, 5.74) is -0.749. The summed E-state index contributed by atoms with van der Waals surface area (Å²) in [7, 11) is 0. The zero-order chi connectivity index (χ0) is 22.0. The first kappa shape index (κ1) is 23.3. The Balaban J connectivity index is 1.70. The van der Waals surface area contributed by atoms with Crippen molar-refractivity contribution in [1.82, 2.24) is 0 Å². The molecule has 0 saturated heterocycles. The predicted molar refractivity (Wildman–Crippen MR) is 113 cm³/mol. The maximum absolute atomic E-state index is 12.5. The van der Waals surface area contributed by atoms with Crippen LogP contribution in [-0.2, 0) is 19.1 Å². The van der Waals surface area contributed by atoms with Gasteiger partial charge in [-0.1, -0.05) is 36.4 Å². The summed E-state index contributed by atoms with van der Waals surface area (Å²) in [6.07, 6.45) is -0.233. The molecule has 2 aromatic rings. The van der Waals surface area contributed by atoms with E-state index < -0.39 is 18.0 Å². The summed E-state index contributed by atoms with van der Waals surface area (Å²) >= 11 is 0. The molecule has 0 fully saturated rings. The quantitative estimate of drug-likeness (QED) is 0.375. The molecule has 0 heterocycles. The van der Waals surface area contributed by atoms with Gasteiger partial charge in [-0.3, -0.25) is 9.59 Å². The largest absolute Gasteiger partial charge is 0.455 e. The van der Waals surface area contributed by atoms with Crippen LogP contribution in [0, 0.1) is 5.41 Å². The molecule has 0 radical (unpaired) electrons. The van der Waals surface area contributed by atoms with Gasteiger partial charge in [0.1, 0.15) is 11.5 Å². The van der Waals surface area contributed by atoms with Gasteiger partial charge in [-0.25, -0.2) is 0 Å². The van der Waals surface area contributed by atoms with Crippen LogP contribution in [0.1, 0.15) is 47.0 Å². The molecular formula is C24H30O6. The predicted octanol–water partition coefficient (Wildman–Crippen LogP) is 5.12. The number of carbonyl (C=O) groups is 2. The van der Waals surface area contributed by atoms with Gasteiger partial charge in [0.25, 0.3) is 0 Å². The average molecular weight is 414 g/mol. The lowest BCUT2D eigenvalue weighted by Gasteiger charge is -2.25. The van der Waals surface area contributed by atoms with Crippen LogP contribution >= 0.6 is 0 Å². The van der Waals surface area contributed by atoms with E-state index in [0.29, 0.717) is 24.3 Å². The van der Waals surface area contributed by atoms with E-state index in [1.54, 1.807) is 52.0 Å². The Labute approximate surface area is 178 Å². The Bertz CT molecular complexity index is 788. The van der Waals surface area contributed by atoms with Crippen LogP contribution < -0.4 is 9.47 Å². The normalized spacial score (nSPS) is 13.1. The topological polar surface area (TPSA) is 71.1 Å². The smallest absolute Gasteiger partial charge is 0.314 e. The average Bonchev–Trinajstić information content (AvgIpc) is 2.69. The number of hydrogen-bond donors (Lipinski definition) is 0. The second kappa shape index (κ2) is 11.2. The molecule has 162 valence electrons. The van der Waals surface area contributed by atoms with Gasteiger partial charge in [-0.05, 0) is 51.0 Å². The van der Waals surface area contributed by atoms with E-state index in [1.807, 2.05) is 36.4 Å². The number of rotatable bonds is 11. The van der Waals surface area contributed by atoms with Gasteiger partial charge in [0, 0.05) is 20.3 Å². The van der Waals surface area contributed by atoms with E-state index >= 15 is 0 Å². The minimum absolute atomic E-state index is 0.190. The van der Waals surface area contributed by atoms with E-state index in [2.05, 4.69) is 0 Å². The standard InChI is InChI=1S/C24H30O6/c1-18(27-20-12-7-5-8-13-20)29-22(25)16-11-17-24(3,4)23(26)30-19(2)28-21-14-9-6-10-15-21/h5-10,12-15,18-19H,11,16-17H2,1-4H3. The van der Waals surface area contributed by atoms with E-state index in [9.17, 15) is 9.59 Å². The monoisotopic (exact) mass is 414 g/mol. The van der Waals surface area contributed by atoms with Crippen molar-refractivity contribution in [2.45, 2.75) is 59.5 Å². The van der Waals surface area contributed by atoms with Crippen molar-refractivity contribution in [2.24, 2.45) is 5.41 Å². The van der Waals surface area contributed by atoms with Crippen molar-refractivity contribution in [3.63, 3.8) is 0 Å². The summed E-state index contributed by atoms with van der Waals surface area (Å²) in [4.78, 5) is 24.5. The lowest BCUT2D eigenvalue weighted by molar-refractivity contribution is -0.173. The summed E-state index contributed by atoms with van der Waals surface area (Å²) < 4.78 is 21.8. The van der Waals surface area contributed by atoms with Crippen molar-refractivity contribution in [1.29, 1.82) is 0 Å². The molecule has 2 atom stereocenters. The summed E-state index contributed by atoms with van der Waals surface area (Å²) in [6, 6.07) is 18.3. The van der Waals surface area contributed by atoms with Crippen molar-refractivity contribution in [2.75, 3.05) is 0 Å². The van der Waals surface area contributed by atoms with Gasteiger partial charge in [0.2, 0.25) is 12.6 Å². The number of ether oxygens (including phenoxy) is 4. The number of esters is 2. The summed E-state index contributed by atoms with van der Waals surface area (Å²) in [5.74, 6) is 0.516. The highest BCUT2D eigenvalue weighted by Gasteiger charge is 2.31. The highest BCUT2D eigenvalue weighted by atomic mass is 16.7. The third kappa shape index (κ3) is 8.15. The van der Waals surface area contributed by atoms with Gasteiger partial charge in [-0.2, -0.15) is 0 Å². The third-order valence-electron chi connectivity index (χ3n) is 4.40. The maximum atomic E-state index is 12.5. The molecule has 2 unspecified atom stereocenters. The Morgan fingerprint density at radius 2 is 1.27 bits per heavy atom. The van der Waals surface area contributed by atoms with Gasteiger partial charge in [0.05, 0.1) is 5.41 Å². The zero-order valence-corrected chi connectivity index (χ0v) is 18.0. The number of hydrogen-bond acceptors (Lipinski definition) is 6. The second-order valence-electron chi connectivity index (χ2n) is 7.63. The van der Waals surface area contributed by atoms with Gasteiger partial charge in [0.15, 0.2) is 0 Å².